The van der Waals surface area contributed by atoms with Crippen molar-refractivity contribution >= 4 is 23.6 Å². The molecule has 4 heteroatoms. The van der Waals surface area contributed by atoms with Crippen molar-refractivity contribution < 1.29 is 4.79 Å². The molecule has 0 aromatic rings. The Bertz CT molecular complexity index is 212. The third kappa shape index (κ3) is 5.47. The number of hydrogen-bond donors (Lipinski definition) is 2. The van der Waals surface area contributed by atoms with E-state index >= 15 is 0 Å². The molecule has 0 spiro atoms. The van der Waals surface area contributed by atoms with Gasteiger partial charge in [-0.3, -0.25) is 0 Å². The second-order valence-electron chi connectivity index (χ2n) is 3.15. The average molecular weight is 200 g/mol. The van der Waals surface area contributed by atoms with Gasteiger partial charge in [-0.15, -0.1) is 0 Å². The molecular weight excluding hydrogens is 184 g/mol. The summed E-state index contributed by atoms with van der Waals surface area (Å²) in [4.78, 5) is 11.2. The van der Waals surface area contributed by atoms with Gasteiger partial charge in [0, 0.05) is 17.0 Å². The van der Waals surface area contributed by atoms with Gasteiger partial charge in [0.1, 0.15) is 6.29 Å². The monoisotopic (exact) mass is 200 g/mol. The van der Waals surface area contributed by atoms with Crippen LogP contribution in [0.2, 0.25) is 0 Å². The lowest BCUT2D eigenvalue weighted by Gasteiger charge is -2.09. The summed E-state index contributed by atoms with van der Waals surface area (Å²) in [5.41, 5.74) is 7.53. The van der Waals surface area contributed by atoms with Gasteiger partial charge in [0.25, 0.3) is 0 Å². The molecule has 0 saturated heterocycles. The molecule has 0 radical (unpaired) electrons. The molecule has 0 heterocycles. The van der Waals surface area contributed by atoms with Gasteiger partial charge in [0.2, 0.25) is 0 Å². The Hall–Kier alpha value is -0.770. The molecule has 0 aromatic heterocycles. The molecule has 0 saturated carbocycles. The minimum atomic E-state index is 0.267. The van der Waals surface area contributed by atoms with E-state index in [0.29, 0.717) is 11.6 Å². The zero-order valence-electron chi connectivity index (χ0n) is 8.04. The van der Waals surface area contributed by atoms with Gasteiger partial charge in [-0.1, -0.05) is 25.6 Å². The fraction of sp³-hybridized carbons (Fsp3) is 0.556. The minimum absolute atomic E-state index is 0.267. The van der Waals surface area contributed by atoms with Crippen LogP contribution in [-0.4, -0.2) is 11.8 Å². The summed E-state index contributed by atoms with van der Waals surface area (Å²) in [6, 6.07) is 0. The highest BCUT2D eigenvalue weighted by molar-refractivity contribution is 8.15. The fourth-order valence-electron chi connectivity index (χ4n) is 0.900. The SMILES string of the molecule is CC(C)C/C(SC=N)=C(\N)CC=O. The Morgan fingerprint density at radius 1 is 1.62 bits per heavy atom. The van der Waals surface area contributed by atoms with Crippen molar-refractivity contribution in [3.05, 3.63) is 10.6 Å². The maximum absolute atomic E-state index is 10.2. The summed E-state index contributed by atoms with van der Waals surface area (Å²) < 4.78 is 0. The Balaban J connectivity index is 4.44. The maximum Gasteiger partial charge on any atom is 0.125 e. The number of hydrogen-bond acceptors (Lipinski definition) is 4. The lowest BCUT2D eigenvalue weighted by molar-refractivity contribution is -0.107. The zero-order chi connectivity index (χ0) is 10.3. The minimum Gasteiger partial charge on any atom is -0.401 e. The molecule has 0 bridgehead atoms. The number of allylic oxidation sites excluding steroid dienone is 2. The third-order valence-electron chi connectivity index (χ3n) is 1.46. The first-order valence-electron chi connectivity index (χ1n) is 4.18. The molecule has 3 nitrogen and oxygen atoms in total. The van der Waals surface area contributed by atoms with Crippen LogP contribution in [0.5, 0.6) is 0 Å². The number of carbonyl (C=O) groups is 1. The van der Waals surface area contributed by atoms with Crippen LogP contribution in [0, 0.1) is 11.3 Å². The standard InChI is InChI=1S/C9H16N2OS/c1-7(2)5-9(13-6-10)8(11)3-4-12/h4,6-7,10H,3,5,11H2,1-2H3/b9-8+,10-6?. The van der Waals surface area contributed by atoms with E-state index in [1.165, 1.54) is 17.3 Å². The summed E-state index contributed by atoms with van der Waals surface area (Å²) in [6.45, 7) is 4.16. The van der Waals surface area contributed by atoms with Crippen molar-refractivity contribution in [3.63, 3.8) is 0 Å². The highest BCUT2D eigenvalue weighted by atomic mass is 32.2. The Labute approximate surface area is 83.3 Å². The molecule has 3 N–H and O–H groups in total. The second kappa shape index (κ2) is 6.71. The molecular formula is C9H16N2OS. The molecule has 0 aromatic carbocycles. The predicted octanol–water partition coefficient (Wildman–Crippen LogP) is 2.13. The van der Waals surface area contributed by atoms with Crippen LogP contribution >= 0.6 is 11.8 Å². The van der Waals surface area contributed by atoms with Crippen LogP contribution in [0.4, 0.5) is 0 Å². The van der Waals surface area contributed by atoms with E-state index in [2.05, 4.69) is 13.8 Å². The van der Waals surface area contributed by atoms with Crippen LogP contribution in [-0.2, 0) is 4.79 Å². The van der Waals surface area contributed by atoms with Crippen molar-refractivity contribution in [2.24, 2.45) is 11.7 Å². The van der Waals surface area contributed by atoms with E-state index in [0.717, 1.165) is 17.6 Å². The normalized spacial score (nSPS) is 12.5. The molecule has 0 unspecified atom stereocenters. The third-order valence-corrected chi connectivity index (χ3v) is 2.29. The highest BCUT2D eigenvalue weighted by Crippen LogP contribution is 2.24. The molecule has 0 fully saturated rings. The van der Waals surface area contributed by atoms with Gasteiger partial charge in [-0.05, 0) is 12.3 Å². The average Bonchev–Trinajstić information content (AvgIpc) is 2.03. The van der Waals surface area contributed by atoms with Gasteiger partial charge < -0.3 is 15.9 Å². The van der Waals surface area contributed by atoms with E-state index in [-0.39, 0.29) is 6.42 Å². The lowest BCUT2D eigenvalue weighted by Crippen LogP contribution is -2.03. The fourth-order valence-corrected chi connectivity index (χ4v) is 1.71. The molecule has 74 valence electrons. The van der Waals surface area contributed by atoms with E-state index < -0.39 is 0 Å². The molecule has 0 aliphatic rings. The molecule has 0 atom stereocenters. The van der Waals surface area contributed by atoms with E-state index in [9.17, 15) is 4.79 Å². The lowest BCUT2D eigenvalue weighted by atomic mass is 10.1. The molecule has 0 aliphatic carbocycles. The van der Waals surface area contributed by atoms with Crippen LogP contribution in [0.1, 0.15) is 26.7 Å². The van der Waals surface area contributed by atoms with Crippen molar-refractivity contribution in [3.8, 4) is 0 Å². The number of nitrogens with one attached hydrogen (secondary N) is 1. The first-order chi connectivity index (χ1) is 6.11. The molecule has 13 heavy (non-hydrogen) atoms. The zero-order valence-corrected chi connectivity index (χ0v) is 8.86. The Kier molecular flexibility index (Phi) is 6.32. The van der Waals surface area contributed by atoms with Gasteiger partial charge in [-0.25, -0.2) is 0 Å². The smallest absolute Gasteiger partial charge is 0.125 e. The molecule has 0 aliphatic heterocycles. The number of nitrogens with two attached hydrogens (primary N) is 1. The van der Waals surface area contributed by atoms with Crippen molar-refractivity contribution in [1.82, 2.24) is 0 Å². The largest absolute Gasteiger partial charge is 0.401 e. The predicted molar refractivity (Wildman–Crippen MR) is 57.7 cm³/mol. The Morgan fingerprint density at radius 3 is 2.62 bits per heavy atom. The van der Waals surface area contributed by atoms with Gasteiger partial charge >= 0.3 is 0 Å². The molecule has 0 amide bonds. The second-order valence-corrected chi connectivity index (χ2v) is 4.12. The number of aldehydes is 1. The van der Waals surface area contributed by atoms with Crippen molar-refractivity contribution in [2.45, 2.75) is 26.7 Å². The quantitative estimate of drug-likeness (QED) is 0.392. The molecule has 0 rings (SSSR count). The summed E-state index contributed by atoms with van der Waals surface area (Å²) in [5, 5.41) is 6.96. The van der Waals surface area contributed by atoms with Gasteiger partial charge in [0.15, 0.2) is 0 Å². The van der Waals surface area contributed by atoms with Crippen LogP contribution in [0.3, 0.4) is 0 Å². The van der Waals surface area contributed by atoms with Crippen molar-refractivity contribution in [1.29, 1.82) is 5.41 Å². The van der Waals surface area contributed by atoms with Gasteiger partial charge in [-0.2, -0.15) is 0 Å². The van der Waals surface area contributed by atoms with Crippen LogP contribution in [0.15, 0.2) is 10.6 Å². The number of thioether (sulfide) groups is 1. The highest BCUT2D eigenvalue weighted by Gasteiger charge is 2.05. The van der Waals surface area contributed by atoms with Gasteiger partial charge in [0.05, 0.1) is 5.55 Å². The number of carbonyl (C=O) groups excluding carboxylic acids is 1. The van der Waals surface area contributed by atoms with E-state index in [1.807, 2.05) is 0 Å². The summed E-state index contributed by atoms with van der Waals surface area (Å²) in [6.07, 6.45) is 1.89. The summed E-state index contributed by atoms with van der Waals surface area (Å²) in [7, 11) is 0. The first kappa shape index (κ1) is 12.2. The maximum atomic E-state index is 10.2. The van der Waals surface area contributed by atoms with E-state index in [1.54, 1.807) is 0 Å². The van der Waals surface area contributed by atoms with E-state index in [4.69, 9.17) is 11.1 Å². The summed E-state index contributed by atoms with van der Waals surface area (Å²) in [5.74, 6) is 0.493. The van der Waals surface area contributed by atoms with Crippen LogP contribution < -0.4 is 5.73 Å². The topological polar surface area (TPSA) is 66.9 Å². The summed E-state index contributed by atoms with van der Waals surface area (Å²) >= 11 is 1.29. The van der Waals surface area contributed by atoms with Crippen molar-refractivity contribution in [2.75, 3.05) is 0 Å². The number of rotatable bonds is 6. The Morgan fingerprint density at radius 2 is 2.23 bits per heavy atom. The van der Waals surface area contributed by atoms with Crippen LogP contribution in [0.25, 0.3) is 0 Å². The first-order valence-corrected chi connectivity index (χ1v) is 5.06.